The normalized spacial score (nSPS) is 14.4. The van der Waals surface area contributed by atoms with E-state index in [0.29, 0.717) is 18.4 Å². The maximum absolute atomic E-state index is 13.1. The minimum atomic E-state index is -3.73. The van der Waals surface area contributed by atoms with Crippen molar-refractivity contribution in [3.8, 4) is 5.75 Å². The second kappa shape index (κ2) is 6.63. The maximum atomic E-state index is 13.1. The highest BCUT2D eigenvalue weighted by Crippen LogP contribution is 2.43. The number of hydrogen-bond acceptors (Lipinski definition) is 5. The Kier molecular flexibility index (Phi) is 4.38. The summed E-state index contributed by atoms with van der Waals surface area (Å²) in [7, 11) is -3.73. The summed E-state index contributed by atoms with van der Waals surface area (Å²) in [6.45, 7) is 1.61. The average molecular weight is 403 g/mol. The van der Waals surface area contributed by atoms with E-state index in [1.54, 1.807) is 25.1 Å². The van der Waals surface area contributed by atoms with Crippen LogP contribution in [0.4, 0.5) is 4.39 Å². The van der Waals surface area contributed by atoms with Gasteiger partial charge in [-0.2, -0.15) is 0 Å². The van der Waals surface area contributed by atoms with E-state index >= 15 is 0 Å². The number of rotatable bonds is 6. The van der Waals surface area contributed by atoms with Gasteiger partial charge in [-0.05, 0) is 49.6 Å². The molecular weight excluding hydrogens is 385 g/mol. The Bertz CT molecular complexity index is 1180. The number of carbonyl (C=O) groups is 1. The number of ether oxygens (including phenoxy) is 1. The summed E-state index contributed by atoms with van der Waals surface area (Å²) in [5.74, 6) is -0.765. The Balaban J connectivity index is 1.87. The van der Waals surface area contributed by atoms with Crippen molar-refractivity contribution in [1.82, 2.24) is 0 Å². The van der Waals surface area contributed by atoms with Gasteiger partial charge >= 0.3 is 0 Å². The van der Waals surface area contributed by atoms with Gasteiger partial charge in [0, 0.05) is 0 Å². The molecule has 0 unspecified atom stereocenters. The molecule has 1 aliphatic rings. The largest absolute Gasteiger partial charge is 0.488 e. The van der Waals surface area contributed by atoms with Crippen molar-refractivity contribution < 1.29 is 26.8 Å². The highest BCUT2D eigenvalue weighted by atomic mass is 32.2. The molecule has 4 rings (SSSR count). The van der Waals surface area contributed by atoms with Crippen LogP contribution in [0, 0.1) is 12.7 Å². The quantitative estimate of drug-likeness (QED) is 0.679. The lowest BCUT2D eigenvalue weighted by molar-refractivity contribution is 0.1000. The van der Waals surface area contributed by atoms with Crippen molar-refractivity contribution in [2.45, 2.75) is 36.5 Å². The molecule has 0 aliphatic heterocycles. The van der Waals surface area contributed by atoms with E-state index < -0.39 is 21.0 Å². The van der Waals surface area contributed by atoms with Gasteiger partial charge in [0.15, 0.2) is 9.84 Å². The Morgan fingerprint density at radius 3 is 2.50 bits per heavy atom. The highest BCUT2D eigenvalue weighted by molar-refractivity contribution is 7.92. The van der Waals surface area contributed by atoms with Gasteiger partial charge in [0.1, 0.15) is 34.4 Å². The SMILES string of the molecule is Cc1oc2ccc(OCc3ccc(F)cc3)c(S(=O)(=O)C3CC3)c2c1C(N)=O. The van der Waals surface area contributed by atoms with Gasteiger partial charge in [-0.3, -0.25) is 4.79 Å². The predicted molar refractivity (Wildman–Crippen MR) is 100 cm³/mol. The van der Waals surface area contributed by atoms with Crippen LogP contribution in [0.5, 0.6) is 5.75 Å². The first-order valence-corrected chi connectivity index (χ1v) is 10.3. The second-order valence-electron chi connectivity index (χ2n) is 6.82. The number of benzene rings is 2. The van der Waals surface area contributed by atoms with Gasteiger partial charge < -0.3 is 14.9 Å². The summed E-state index contributed by atoms with van der Waals surface area (Å²) >= 11 is 0. The van der Waals surface area contributed by atoms with Crippen LogP contribution < -0.4 is 10.5 Å². The van der Waals surface area contributed by atoms with Crippen molar-refractivity contribution in [1.29, 1.82) is 0 Å². The molecule has 6 nitrogen and oxygen atoms in total. The van der Waals surface area contributed by atoms with Gasteiger partial charge in [0.2, 0.25) is 0 Å². The number of halogens is 1. The van der Waals surface area contributed by atoms with Crippen molar-refractivity contribution >= 4 is 26.7 Å². The van der Waals surface area contributed by atoms with Crippen LogP contribution in [0.15, 0.2) is 45.7 Å². The van der Waals surface area contributed by atoms with Crippen LogP contribution in [0.3, 0.4) is 0 Å². The number of fused-ring (bicyclic) bond motifs is 1. The van der Waals surface area contributed by atoms with Crippen molar-refractivity contribution in [3.05, 3.63) is 59.1 Å². The molecule has 0 radical (unpaired) electrons. The van der Waals surface area contributed by atoms with Crippen LogP contribution in [0.2, 0.25) is 0 Å². The van der Waals surface area contributed by atoms with Gasteiger partial charge in [-0.25, -0.2) is 12.8 Å². The number of carbonyl (C=O) groups excluding carboxylic acids is 1. The lowest BCUT2D eigenvalue weighted by atomic mass is 10.1. The van der Waals surface area contributed by atoms with Crippen LogP contribution >= 0.6 is 0 Å². The van der Waals surface area contributed by atoms with Crippen molar-refractivity contribution in [3.63, 3.8) is 0 Å². The first kappa shape index (κ1) is 18.5. The average Bonchev–Trinajstić information content (AvgIpc) is 3.43. The summed E-state index contributed by atoms with van der Waals surface area (Å²) in [6.07, 6.45) is 1.11. The van der Waals surface area contributed by atoms with E-state index in [-0.39, 0.29) is 45.4 Å². The zero-order valence-corrected chi connectivity index (χ0v) is 15.9. The summed E-state index contributed by atoms with van der Waals surface area (Å²) in [5.41, 5.74) is 6.47. The fourth-order valence-electron chi connectivity index (χ4n) is 3.24. The van der Waals surface area contributed by atoms with E-state index in [0.717, 1.165) is 0 Å². The van der Waals surface area contributed by atoms with Crippen LogP contribution in [-0.2, 0) is 16.4 Å². The van der Waals surface area contributed by atoms with Crippen LogP contribution in [0.1, 0.15) is 34.5 Å². The molecule has 28 heavy (non-hydrogen) atoms. The molecule has 0 spiro atoms. The predicted octanol–water partition coefficient (Wildman–Crippen LogP) is 3.49. The molecule has 3 aromatic rings. The molecule has 1 heterocycles. The third kappa shape index (κ3) is 3.13. The fourth-order valence-corrected chi connectivity index (χ4v) is 5.22. The van der Waals surface area contributed by atoms with Gasteiger partial charge in [0.05, 0.1) is 16.2 Å². The molecule has 2 aromatic carbocycles. The first-order valence-electron chi connectivity index (χ1n) is 8.76. The monoisotopic (exact) mass is 403 g/mol. The Labute approximate surface area is 161 Å². The molecule has 8 heteroatoms. The standard InChI is InChI=1S/C20H18FNO5S/c1-11-17(20(22)23)18-15(27-11)8-9-16(19(18)28(24,25)14-6-7-14)26-10-12-2-4-13(21)5-3-12/h2-5,8-9,14H,6-7,10H2,1H3,(H2,22,23). The number of sulfone groups is 1. The number of hydrogen-bond donors (Lipinski definition) is 1. The van der Waals surface area contributed by atoms with E-state index in [9.17, 15) is 17.6 Å². The summed E-state index contributed by atoms with van der Waals surface area (Å²) in [6, 6.07) is 8.78. The minimum Gasteiger partial charge on any atom is -0.488 e. The molecule has 1 fully saturated rings. The number of aryl methyl sites for hydroxylation is 1. The second-order valence-corrected chi connectivity index (χ2v) is 8.99. The number of furan rings is 1. The third-order valence-electron chi connectivity index (χ3n) is 4.75. The summed E-state index contributed by atoms with van der Waals surface area (Å²) in [4.78, 5) is 11.9. The highest BCUT2D eigenvalue weighted by Gasteiger charge is 2.41. The van der Waals surface area contributed by atoms with E-state index in [2.05, 4.69) is 0 Å². The third-order valence-corrected chi connectivity index (χ3v) is 7.07. The molecule has 1 amide bonds. The van der Waals surface area contributed by atoms with Crippen LogP contribution in [0.25, 0.3) is 11.0 Å². The van der Waals surface area contributed by atoms with Crippen LogP contribution in [-0.4, -0.2) is 19.6 Å². The lowest BCUT2D eigenvalue weighted by Gasteiger charge is -2.13. The first-order chi connectivity index (χ1) is 13.3. The van der Waals surface area contributed by atoms with Crippen molar-refractivity contribution in [2.24, 2.45) is 5.73 Å². The molecule has 1 saturated carbocycles. The van der Waals surface area contributed by atoms with Gasteiger partial charge in [-0.15, -0.1) is 0 Å². The molecule has 0 atom stereocenters. The molecule has 146 valence electrons. The molecule has 0 saturated heterocycles. The summed E-state index contributed by atoms with van der Waals surface area (Å²) < 4.78 is 50.7. The smallest absolute Gasteiger partial charge is 0.252 e. The molecule has 2 N–H and O–H groups in total. The van der Waals surface area contributed by atoms with Crippen molar-refractivity contribution in [2.75, 3.05) is 0 Å². The zero-order chi connectivity index (χ0) is 20.1. The number of amides is 1. The number of primary amides is 1. The lowest BCUT2D eigenvalue weighted by Crippen LogP contribution is -2.15. The Hall–Kier alpha value is -2.87. The number of nitrogens with two attached hydrogens (primary N) is 1. The maximum Gasteiger partial charge on any atom is 0.252 e. The fraction of sp³-hybridized carbons (Fsp3) is 0.250. The molecule has 1 aliphatic carbocycles. The Morgan fingerprint density at radius 2 is 1.89 bits per heavy atom. The molecule has 1 aromatic heterocycles. The van der Waals surface area contributed by atoms with E-state index in [1.807, 2.05) is 0 Å². The zero-order valence-electron chi connectivity index (χ0n) is 15.1. The topological polar surface area (TPSA) is 99.6 Å². The van der Waals surface area contributed by atoms with Gasteiger partial charge in [0.25, 0.3) is 5.91 Å². The van der Waals surface area contributed by atoms with E-state index in [4.69, 9.17) is 14.9 Å². The summed E-state index contributed by atoms with van der Waals surface area (Å²) in [5, 5.41) is -0.351. The van der Waals surface area contributed by atoms with Gasteiger partial charge in [-0.1, -0.05) is 12.1 Å². The minimum absolute atomic E-state index is 0.0430. The molecule has 0 bridgehead atoms. The van der Waals surface area contributed by atoms with E-state index in [1.165, 1.54) is 18.2 Å². The Morgan fingerprint density at radius 1 is 1.21 bits per heavy atom. The molecular formula is C20H18FNO5S.